The summed E-state index contributed by atoms with van der Waals surface area (Å²) in [5.41, 5.74) is 4.25. The minimum Gasteiger partial charge on any atom is -0.295 e. The Hall–Kier alpha value is -1.89. The lowest BCUT2D eigenvalue weighted by Crippen LogP contribution is -1.93. The largest absolute Gasteiger partial charge is 0.295 e. The normalized spacial score (nSPS) is 10.1. The molecule has 0 aliphatic heterocycles. The molecular weight excluding hydrogens is 196 g/mol. The van der Waals surface area contributed by atoms with Crippen molar-refractivity contribution in [3.05, 3.63) is 59.7 Å². The molecule has 1 heteroatoms. The fourth-order valence-electron chi connectivity index (χ4n) is 1.77. The van der Waals surface area contributed by atoms with E-state index in [0.29, 0.717) is 0 Å². The zero-order chi connectivity index (χ0) is 11.5. The van der Waals surface area contributed by atoms with Gasteiger partial charge in [-0.1, -0.05) is 42.5 Å². The number of carbonyl (C=O) groups is 1. The van der Waals surface area contributed by atoms with Crippen LogP contribution < -0.4 is 0 Å². The van der Waals surface area contributed by atoms with Crippen LogP contribution >= 0.6 is 0 Å². The summed E-state index contributed by atoms with van der Waals surface area (Å²) in [5, 5.41) is 0. The lowest BCUT2D eigenvalue weighted by molar-refractivity contribution is 0.101. The lowest BCUT2D eigenvalue weighted by Gasteiger charge is -2.07. The van der Waals surface area contributed by atoms with Crippen molar-refractivity contribution in [2.75, 3.05) is 0 Å². The van der Waals surface area contributed by atoms with Gasteiger partial charge in [0.15, 0.2) is 5.78 Å². The quantitative estimate of drug-likeness (QED) is 0.688. The Kier molecular flexibility index (Phi) is 2.86. The second-order valence-electron chi connectivity index (χ2n) is 3.95. The molecule has 0 atom stereocenters. The van der Waals surface area contributed by atoms with Gasteiger partial charge in [-0.3, -0.25) is 4.79 Å². The van der Waals surface area contributed by atoms with E-state index in [1.165, 1.54) is 5.56 Å². The van der Waals surface area contributed by atoms with Gasteiger partial charge in [0.2, 0.25) is 0 Å². The van der Waals surface area contributed by atoms with Crippen LogP contribution in [0.3, 0.4) is 0 Å². The lowest BCUT2D eigenvalue weighted by atomic mass is 9.97. The van der Waals surface area contributed by atoms with E-state index in [1.54, 1.807) is 6.92 Å². The molecule has 0 unspecified atom stereocenters. The second-order valence-corrected chi connectivity index (χ2v) is 3.95. The summed E-state index contributed by atoms with van der Waals surface area (Å²) < 4.78 is 0. The molecule has 0 aromatic heterocycles. The van der Waals surface area contributed by atoms with Gasteiger partial charge in [-0.15, -0.1) is 0 Å². The summed E-state index contributed by atoms with van der Waals surface area (Å²) in [6, 6.07) is 16.0. The third-order valence-electron chi connectivity index (χ3n) is 2.73. The van der Waals surface area contributed by atoms with Crippen LogP contribution in [0.25, 0.3) is 11.1 Å². The molecule has 0 amide bonds. The van der Waals surface area contributed by atoms with Crippen molar-refractivity contribution in [2.24, 2.45) is 0 Å². The molecule has 0 saturated heterocycles. The Balaban J connectivity index is 2.56. The van der Waals surface area contributed by atoms with Crippen LogP contribution in [-0.2, 0) is 0 Å². The smallest absolute Gasteiger partial charge is 0.159 e. The molecule has 16 heavy (non-hydrogen) atoms. The predicted molar refractivity (Wildman–Crippen MR) is 66.6 cm³/mol. The highest BCUT2D eigenvalue weighted by atomic mass is 16.1. The van der Waals surface area contributed by atoms with Crippen LogP contribution in [0.5, 0.6) is 0 Å². The molecule has 80 valence electrons. The average molecular weight is 210 g/mol. The van der Waals surface area contributed by atoms with Crippen LogP contribution in [0, 0.1) is 6.92 Å². The van der Waals surface area contributed by atoms with Crippen molar-refractivity contribution in [3.8, 4) is 11.1 Å². The van der Waals surface area contributed by atoms with Gasteiger partial charge in [-0.2, -0.15) is 0 Å². The first-order chi connectivity index (χ1) is 7.68. The molecule has 2 aromatic rings. The van der Waals surface area contributed by atoms with Gasteiger partial charge in [-0.05, 0) is 36.6 Å². The maximum atomic E-state index is 11.3. The molecule has 0 spiro atoms. The fourth-order valence-corrected chi connectivity index (χ4v) is 1.77. The molecule has 2 aromatic carbocycles. The average Bonchev–Trinajstić information content (AvgIpc) is 2.30. The molecule has 0 aliphatic carbocycles. The summed E-state index contributed by atoms with van der Waals surface area (Å²) in [7, 11) is 0. The number of carbonyl (C=O) groups excluding carboxylic acids is 1. The first-order valence-corrected chi connectivity index (χ1v) is 5.35. The summed E-state index contributed by atoms with van der Waals surface area (Å²) in [6.07, 6.45) is 0. The van der Waals surface area contributed by atoms with Gasteiger partial charge in [0.05, 0.1) is 0 Å². The molecule has 0 bridgehead atoms. The number of hydrogen-bond acceptors (Lipinski definition) is 1. The fraction of sp³-hybridized carbons (Fsp3) is 0.133. The summed E-state index contributed by atoms with van der Waals surface area (Å²) in [6.45, 7) is 3.66. The second kappa shape index (κ2) is 4.31. The SMILES string of the molecule is CC(=O)c1ccc(C)c(-c2ccccc2)c1. The maximum absolute atomic E-state index is 11.3. The third-order valence-corrected chi connectivity index (χ3v) is 2.73. The van der Waals surface area contributed by atoms with Crippen molar-refractivity contribution in [2.45, 2.75) is 13.8 Å². The van der Waals surface area contributed by atoms with Crippen molar-refractivity contribution in [1.29, 1.82) is 0 Å². The van der Waals surface area contributed by atoms with Crippen molar-refractivity contribution < 1.29 is 4.79 Å². The minimum atomic E-state index is 0.109. The van der Waals surface area contributed by atoms with E-state index < -0.39 is 0 Å². The number of Topliss-reactive ketones (excluding diaryl/α,β-unsaturated/α-hetero) is 1. The summed E-state index contributed by atoms with van der Waals surface area (Å²) in [4.78, 5) is 11.3. The Morgan fingerprint density at radius 2 is 1.69 bits per heavy atom. The first kappa shape index (κ1) is 10.6. The topological polar surface area (TPSA) is 17.1 Å². The van der Waals surface area contributed by atoms with Gasteiger partial charge in [0.25, 0.3) is 0 Å². The standard InChI is InChI=1S/C15H14O/c1-11-8-9-14(12(2)16)10-15(11)13-6-4-3-5-7-13/h3-10H,1-2H3. The van der Waals surface area contributed by atoms with Gasteiger partial charge in [0.1, 0.15) is 0 Å². The van der Waals surface area contributed by atoms with Gasteiger partial charge >= 0.3 is 0 Å². The maximum Gasteiger partial charge on any atom is 0.159 e. The van der Waals surface area contributed by atoms with Crippen molar-refractivity contribution >= 4 is 5.78 Å². The highest BCUT2D eigenvalue weighted by molar-refractivity contribution is 5.95. The first-order valence-electron chi connectivity index (χ1n) is 5.35. The highest BCUT2D eigenvalue weighted by Gasteiger charge is 2.05. The van der Waals surface area contributed by atoms with Crippen molar-refractivity contribution in [1.82, 2.24) is 0 Å². The van der Waals surface area contributed by atoms with E-state index in [9.17, 15) is 4.79 Å². The van der Waals surface area contributed by atoms with E-state index in [4.69, 9.17) is 0 Å². The van der Waals surface area contributed by atoms with E-state index in [0.717, 1.165) is 16.7 Å². The molecular formula is C15H14O. The Morgan fingerprint density at radius 3 is 2.31 bits per heavy atom. The van der Waals surface area contributed by atoms with Crippen LogP contribution in [0.1, 0.15) is 22.8 Å². The van der Waals surface area contributed by atoms with Crippen LogP contribution in [-0.4, -0.2) is 5.78 Å². The zero-order valence-electron chi connectivity index (χ0n) is 9.53. The molecule has 0 heterocycles. The number of ketones is 1. The molecule has 0 aliphatic rings. The van der Waals surface area contributed by atoms with Gasteiger partial charge in [-0.25, -0.2) is 0 Å². The monoisotopic (exact) mass is 210 g/mol. The van der Waals surface area contributed by atoms with E-state index in [2.05, 4.69) is 19.1 Å². The molecule has 0 saturated carbocycles. The van der Waals surface area contributed by atoms with Crippen LogP contribution in [0.2, 0.25) is 0 Å². The molecule has 2 rings (SSSR count). The summed E-state index contributed by atoms with van der Waals surface area (Å²) in [5.74, 6) is 0.109. The van der Waals surface area contributed by atoms with E-state index >= 15 is 0 Å². The molecule has 0 fully saturated rings. The molecule has 0 radical (unpaired) electrons. The predicted octanol–water partition coefficient (Wildman–Crippen LogP) is 3.86. The minimum absolute atomic E-state index is 0.109. The number of aryl methyl sites for hydroxylation is 1. The zero-order valence-corrected chi connectivity index (χ0v) is 9.53. The van der Waals surface area contributed by atoms with E-state index in [-0.39, 0.29) is 5.78 Å². The van der Waals surface area contributed by atoms with Gasteiger partial charge in [0, 0.05) is 5.56 Å². The number of hydrogen-bond donors (Lipinski definition) is 0. The molecule has 1 nitrogen and oxygen atoms in total. The highest BCUT2D eigenvalue weighted by Crippen LogP contribution is 2.24. The van der Waals surface area contributed by atoms with Crippen LogP contribution in [0.4, 0.5) is 0 Å². The van der Waals surface area contributed by atoms with Crippen LogP contribution in [0.15, 0.2) is 48.5 Å². The number of rotatable bonds is 2. The third kappa shape index (κ3) is 2.03. The van der Waals surface area contributed by atoms with Crippen molar-refractivity contribution in [3.63, 3.8) is 0 Å². The Labute approximate surface area is 95.7 Å². The van der Waals surface area contributed by atoms with E-state index in [1.807, 2.05) is 36.4 Å². The Bertz CT molecular complexity index is 512. The summed E-state index contributed by atoms with van der Waals surface area (Å²) >= 11 is 0. The molecule has 0 N–H and O–H groups in total. The van der Waals surface area contributed by atoms with Gasteiger partial charge < -0.3 is 0 Å². The Morgan fingerprint density at radius 1 is 1.00 bits per heavy atom. The number of benzene rings is 2.